The molecular formula is C24H35N3O5S. The third-order valence-corrected chi connectivity index (χ3v) is 9.32. The highest BCUT2D eigenvalue weighted by Crippen LogP contribution is 2.32. The Kier molecular flexibility index (Phi) is 7.28. The van der Waals surface area contributed by atoms with Gasteiger partial charge in [-0.3, -0.25) is 9.59 Å². The molecule has 3 saturated heterocycles. The first-order valence-corrected chi connectivity index (χ1v) is 13.5. The minimum Gasteiger partial charge on any atom is -0.495 e. The average Bonchev–Trinajstić information content (AvgIpc) is 3.38. The Balaban J connectivity index is 1.49. The number of hydrogen-bond acceptors (Lipinski definition) is 5. The highest BCUT2D eigenvalue weighted by molar-refractivity contribution is 7.89. The van der Waals surface area contributed by atoms with Gasteiger partial charge in [0.1, 0.15) is 10.6 Å². The zero-order chi connectivity index (χ0) is 23.6. The van der Waals surface area contributed by atoms with E-state index in [1.54, 1.807) is 17.0 Å². The van der Waals surface area contributed by atoms with Crippen molar-refractivity contribution in [1.82, 2.24) is 14.1 Å². The largest absolute Gasteiger partial charge is 0.495 e. The molecule has 1 aromatic carbocycles. The molecule has 1 atom stereocenters. The van der Waals surface area contributed by atoms with Crippen LogP contribution in [0.5, 0.6) is 5.75 Å². The first-order valence-electron chi connectivity index (χ1n) is 12.1. The molecule has 4 rings (SSSR count). The summed E-state index contributed by atoms with van der Waals surface area (Å²) >= 11 is 0. The molecular weight excluding hydrogens is 442 g/mol. The summed E-state index contributed by atoms with van der Waals surface area (Å²) in [5, 5.41) is 0. The van der Waals surface area contributed by atoms with Crippen molar-refractivity contribution >= 4 is 21.8 Å². The number of carbonyl (C=O) groups is 2. The lowest BCUT2D eigenvalue weighted by Gasteiger charge is -2.34. The molecule has 0 aromatic heterocycles. The Hall–Kier alpha value is -2.13. The van der Waals surface area contributed by atoms with Crippen molar-refractivity contribution in [3.63, 3.8) is 0 Å². The second-order valence-corrected chi connectivity index (χ2v) is 11.3. The van der Waals surface area contributed by atoms with Gasteiger partial charge in [-0.2, -0.15) is 4.31 Å². The molecule has 182 valence electrons. The SMILES string of the molecule is COc1ccc(C(=O)N2CCC(C(=O)N3CCCC3)CC2)cc1S(=O)(=O)N1CCCCC1C. The summed E-state index contributed by atoms with van der Waals surface area (Å²) in [5.74, 6) is 0.236. The van der Waals surface area contributed by atoms with Crippen LogP contribution < -0.4 is 4.74 Å². The van der Waals surface area contributed by atoms with E-state index < -0.39 is 10.0 Å². The maximum atomic E-state index is 13.5. The maximum Gasteiger partial charge on any atom is 0.253 e. The van der Waals surface area contributed by atoms with E-state index in [0.717, 1.165) is 45.2 Å². The fourth-order valence-electron chi connectivity index (χ4n) is 5.27. The molecule has 1 unspecified atom stereocenters. The summed E-state index contributed by atoms with van der Waals surface area (Å²) in [6.45, 7) is 5.09. The fraction of sp³-hybridized carbons (Fsp3) is 0.667. The van der Waals surface area contributed by atoms with Gasteiger partial charge in [-0.05, 0) is 63.6 Å². The number of amides is 2. The first-order chi connectivity index (χ1) is 15.8. The van der Waals surface area contributed by atoms with Crippen molar-refractivity contribution in [3.05, 3.63) is 23.8 Å². The Morgan fingerprint density at radius 2 is 1.58 bits per heavy atom. The highest BCUT2D eigenvalue weighted by Gasteiger charge is 2.35. The topological polar surface area (TPSA) is 87.2 Å². The van der Waals surface area contributed by atoms with E-state index >= 15 is 0 Å². The monoisotopic (exact) mass is 477 g/mol. The van der Waals surface area contributed by atoms with Crippen LogP contribution >= 0.6 is 0 Å². The van der Waals surface area contributed by atoms with Crippen molar-refractivity contribution in [2.45, 2.75) is 62.8 Å². The van der Waals surface area contributed by atoms with Gasteiger partial charge in [0.2, 0.25) is 15.9 Å². The molecule has 0 aliphatic carbocycles. The van der Waals surface area contributed by atoms with E-state index in [9.17, 15) is 18.0 Å². The second kappa shape index (κ2) is 10.0. The third-order valence-electron chi connectivity index (χ3n) is 7.29. The van der Waals surface area contributed by atoms with Gasteiger partial charge in [0, 0.05) is 50.2 Å². The van der Waals surface area contributed by atoms with Crippen molar-refractivity contribution in [1.29, 1.82) is 0 Å². The second-order valence-electron chi connectivity index (χ2n) is 9.43. The van der Waals surface area contributed by atoms with Gasteiger partial charge < -0.3 is 14.5 Å². The van der Waals surface area contributed by atoms with Crippen LogP contribution in [0.4, 0.5) is 0 Å². The van der Waals surface area contributed by atoms with Gasteiger partial charge in [0.25, 0.3) is 5.91 Å². The van der Waals surface area contributed by atoms with Crippen LogP contribution in [0.3, 0.4) is 0 Å². The van der Waals surface area contributed by atoms with Crippen molar-refractivity contribution in [2.24, 2.45) is 5.92 Å². The molecule has 3 heterocycles. The molecule has 33 heavy (non-hydrogen) atoms. The lowest BCUT2D eigenvalue weighted by molar-refractivity contribution is -0.135. The van der Waals surface area contributed by atoms with Crippen molar-refractivity contribution in [3.8, 4) is 5.75 Å². The van der Waals surface area contributed by atoms with Gasteiger partial charge >= 0.3 is 0 Å². The maximum absolute atomic E-state index is 13.5. The van der Waals surface area contributed by atoms with Crippen LogP contribution in [0.25, 0.3) is 0 Å². The van der Waals surface area contributed by atoms with Crippen LogP contribution in [0.2, 0.25) is 0 Å². The normalized spacial score (nSPS) is 23.0. The number of rotatable bonds is 5. The van der Waals surface area contributed by atoms with Crippen molar-refractivity contribution in [2.75, 3.05) is 39.8 Å². The Morgan fingerprint density at radius 3 is 2.21 bits per heavy atom. The Labute approximate surface area is 196 Å². The number of nitrogens with zero attached hydrogens (tertiary/aromatic N) is 3. The van der Waals surface area contributed by atoms with Crippen LogP contribution in [0, 0.1) is 5.92 Å². The third kappa shape index (κ3) is 4.89. The van der Waals surface area contributed by atoms with Crippen LogP contribution in [0.15, 0.2) is 23.1 Å². The molecule has 0 bridgehead atoms. The van der Waals surface area contributed by atoms with Gasteiger partial charge in [-0.1, -0.05) is 6.42 Å². The van der Waals surface area contributed by atoms with Gasteiger partial charge in [0.05, 0.1) is 7.11 Å². The summed E-state index contributed by atoms with van der Waals surface area (Å²) in [5.41, 5.74) is 0.336. The molecule has 3 aliphatic rings. The van der Waals surface area contributed by atoms with E-state index in [1.807, 2.05) is 11.8 Å². The zero-order valence-corrected chi connectivity index (χ0v) is 20.5. The standard InChI is InChI=1S/C24H35N3O5S/c1-18-7-3-4-14-27(18)33(30,31)22-17-20(8-9-21(22)32-2)24(29)26-15-10-19(11-16-26)23(28)25-12-5-6-13-25/h8-9,17-19H,3-7,10-16H2,1-2H3. The number of hydrogen-bond donors (Lipinski definition) is 0. The smallest absolute Gasteiger partial charge is 0.253 e. The van der Waals surface area contributed by atoms with Crippen LogP contribution in [-0.4, -0.2) is 80.2 Å². The van der Waals surface area contributed by atoms with Gasteiger partial charge in [-0.15, -0.1) is 0 Å². The molecule has 0 N–H and O–H groups in total. The zero-order valence-electron chi connectivity index (χ0n) is 19.7. The summed E-state index contributed by atoms with van der Waals surface area (Å²) in [6, 6.07) is 4.57. The summed E-state index contributed by atoms with van der Waals surface area (Å²) < 4.78 is 33.8. The first kappa shape index (κ1) is 24.0. The van der Waals surface area contributed by atoms with Gasteiger partial charge in [0.15, 0.2) is 0 Å². The van der Waals surface area contributed by atoms with Crippen LogP contribution in [-0.2, 0) is 14.8 Å². The Morgan fingerprint density at radius 1 is 0.909 bits per heavy atom. The van der Waals surface area contributed by atoms with E-state index in [-0.39, 0.29) is 34.4 Å². The molecule has 0 spiro atoms. The number of methoxy groups -OCH3 is 1. The van der Waals surface area contributed by atoms with E-state index in [4.69, 9.17) is 4.74 Å². The predicted molar refractivity (Wildman–Crippen MR) is 125 cm³/mol. The van der Waals surface area contributed by atoms with Crippen LogP contribution in [0.1, 0.15) is 62.2 Å². The summed E-state index contributed by atoms with van der Waals surface area (Å²) in [4.78, 5) is 29.6. The highest BCUT2D eigenvalue weighted by atomic mass is 32.2. The van der Waals surface area contributed by atoms with Crippen molar-refractivity contribution < 1.29 is 22.7 Å². The number of sulfonamides is 1. The van der Waals surface area contributed by atoms with E-state index in [0.29, 0.717) is 38.0 Å². The molecule has 0 saturated carbocycles. The quantitative estimate of drug-likeness (QED) is 0.651. The number of likely N-dealkylation sites (tertiary alicyclic amines) is 2. The molecule has 3 aliphatic heterocycles. The minimum atomic E-state index is -3.78. The fourth-order valence-corrected chi connectivity index (χ4v) is 7.16. The lowest BCUT2D eigenvalue weighted by atomic mass is 9.95. The minimum absolute atomic E-state index is 0.0282. The molecule has 0 radical (unpaired) electrons. The molecule has 1 aromatic rings. The molecule has 9 heteroatoms. The molecule has 2 amide bonds. The average molecular weight is 478 g/mol. The van der Waals surface area contributed by atoms with E-state index in [2.05, 4.69) is 0 Å². The van der Waals surface area contributed by atoms with Gasteiger partial charge in [-0.25, -0.2) is 8.42 Å². The summed E-state index contributed by atoms with van der Waals surface area (Å²) in [6.07, 6.45) is 6.10. The number of carbonyl (C=O) groups excluding carboxylic acids is 2. The molecule has 3 fully saturated rings. The predicted octanol–water partition coefficient (Wildman–Crippen LogP) is 2.73. The van der Waals surface area contributed by atoms with E-state index in [1.165, 1.54) is 17.5 Å². The lowest BCUT2D eigenvalue weighted by Crippen LogP contribution is -2.44. The molecule has 8 nitrogen and oxygen atoms in total. The summed E-state index contributed by atoms with van der Waals surface area (Å²) in [7, 11) is -2.34. The number of piperidine rings is 2. The Bertz CT molecular complexity index is 982. The number of ether oxygens (including phenoxy) is 1. The number of benzene rings is 1.